The molecule has 2 aromatic rings. The average Bonchev–Trinajstić information content (AvgIpc) is 2.86. The molecular formula is C20H21N3O2S. The number of hydrogen-bond donors (Lipinski definition) is 1. The van der Waals surface area contributed by atoms with E-state index in [-0.39, 0.29) is 16.6 Å². The van der Waals surface area contributed by atoms with E-state index >= 15 is 0 Å². The first-order valence-electron chi connectivity index (χ1n) is 8.49. The van der Waals surface area contributed by atoms with Crippen LogP contribution in [0.3, 0.4) is 0 Å². The van der Waals surface area contributed by atoms with Crippen molar-refractivity contribution in [1.82, 2.24) is 14.8 Å². The SMILES string of the molecule is CCN1C(=O)/C(=C/c2cc(C)n(-c3ccccc3C)c2C)C(=O)NC1=S. The number of carbonyl (C=O) groups excluding carboxylic acids is 2. The Morgan fingerprint density at radius 2 is 1.85 bits per heavy atom. The zero-order valence-electron chi connectivity index (χ0n) is 15.3. The van der Waals surface area contributed by atoms with E-state index in [0.717, 1.165) is 28.2 Å². The average molecular weight is 367 g/mol. The summed E-state index contributed by atoms with van der Waals surface area (Å²) in [4.78, 5) is 26.3. The van der Waals surface area contributed by atoms with E-state index in [9.17, 15) is 9.59 Å². The topological polar surface area (TPSA) is 54.3 Å². The highest BCUT2D eigenvalue weighted by Gasteiger charge is 2.32. The lowest BCUT2D eigenvalue weighted by Crippen LogP contribution is -2.53. The van der Waals surface area contributed by atoms with Gasteiger partial charge in [-0.3, -0.25) is 19.8 Å². The van der Waals surface area contributed by atoms with E-state index in [4.69, 9.17) is 12.2 Å². The third-order valence-electron chi connectivity index (χ3n) is 4.63. The molecule has 0 saturated carbocycles. The fraction of sp³-hybridized carbons (Fsp3) is 0.250. The van der Waals surface area contributed by atoms with Crippen molar-refractivity contribution >= 4 is 35.2 Å². The molecule has 1 aromatic carbocycles. The predicted octanol–water partition coefficient (Wildman–Crippen LogP) is 3.05. The van der Waals surface area contributed by atoms with E-state index in [1.807, 2.05) is 39.0 Å². The van der Waals surface area contributed by atoms with Crippen molar-refractivity contribution in [2.75, 3.05) is 6.54 Å². The van der Waals surface area contributed by atoms with Crippen LogP contribution >= 0.6 is 12.2 Å². The third-order valence-corrected chi connectivity index (χ3v) is 4.95. The predicted molar refractivity (Wildman–Crippen MR) is 106 cm³/mol. The minimum atomic E-state index is -0.453. The maximum Gasteiger partial charge on any atom is 0.265 e. The number of nitrogens with one attached hydrogen (secondary N) is 1. The fourth-order valence-corrected chi connectivity index (χ4v) is 3.56. The minimum absolute atomic E-state index is 0.102. The Bertz CT molecular complexity index is 956. The van der Waals surface area contributed by atoms with Gasteiger partial charge in [0.2, 0.25) is 0 Å². The van der Waals surface area contributed by atoms with Gasteiger partial charge < -0.3 is 4.57 Å². The number of benzene rings is 1. The molecule has 2 heterocycles. The summed E-state index contributed by atoms with van der Waals surface area (Å²) in [6.07, 6.45) is 1.65. The summed E-state index contributed by atoms with van der Waals surface area (Å²) < 4.78 is 2.13. The Hall–Kier alpha value is -2.73. The van der Waals surface area contributed by atoms with Gasteiger partial charge in [-0.25, -0.2) is 0 Å². The van der Waals surface area contributed by atoms with Gasteiger partial charge in [0.05, 0.1) is 0 Å². The number of carbonyl (C=O) groups is 2. The summed E-state index contributed by atoms with van der Waals surface area (Å²) in [6, 6.07) is 10.1. The highest BCUT2D eigenvalue weighted by Crippen LogP contribution is 2.25. The molecule has 1 aliphatic rings. The molecule has 1 aliphatic heterocycles. The number of thiocarbonyl (C=S) groups is 1. The number of para-hydroxylation sites is 1. The summed E-state index contributed by atoms with van der Waals surface area (Å²) in [5, 5.41) is 2.74. The molecule has 6 heteroatoms. The molecule has 0 unspecified atom stereocenters. The van der Waals surface area contributed by atoms with Crippen LogP contribution in [0.25, 0.3) is 11.8 Å². The van der Waals surface area contributed by atoms with Crippen LogP contribution in [0.4, 0.5) is 0 Å². The van der Waals surface area contributed by atoms with E-state index in [2.05, 4.69) is 28.9 Å². The van der Waals surface area contributed by atoms with E-state index < -0.39 is 5.91 Å². The van der Waals surface area contributed by atoms with Crippen LogP contribution in [0, 0.1) is 20.8 Å². The maximum atomic E-state index is 12.6. The van der Waals surface area contributed by atoms with Gasteiger partial charge in [-0.15, -0.1) is 0 Å². The number of hydrogen-bond acceptors (Lipinski definition) is 3. The molecule has 5 nitrogen and oxygen atoms in total. The molecule has 2 amide bonds. The van der Waals surface area contributed by atoms with Gasteiger partial charge in [0, 0.05) is 23.6 Å². The number of likely N-dealkylation sites (N-methyl/N-ethyl adjacent to an activating group) is 1. The van der Waals surface area contributed by atoms with Gasteiger partial charge in [0.15, 0.2) is 5.11 Å². The Balaban J connectivity index is 2.09. The maximum absolute atomic E-state index is 12.6. The van der Waals surface area contributed by atoms with Crippen LogP contribution in [0.2, 0.25) is 0 Å². The zero-order valence-corrected chi connectivity index (χ0v) is 16.1. The zero-order chi connectivity index (χ0) is 19.0. The van der Waals surface area contributed by atoms with Gasteiger partial charge in [0.25, 0.3) is 11.8 Å². The van der Waals surface area contributed by atoms with Crippen LogP contribution in [0.5, 0.6) is 0 Å². The molecule has 134 valence electrons. The summed E-state index contributed by atoms with van der Waals surface area (Å²) in [5.74, 6) is -0.813. The molecule has 3 rings (SSSR count). The van der Waals surface area contributed by atoms with Crippen LogP contribution in [-0.4, -0.2) is 32.9 Å². The van der Waals surface area contributed by atoms with Crippen molar-refractivity contribution in [3.63, 3.8) is 0 Å². The van der Waals surface area contributed by atoms with Crippen molar-refractivity contribution in [3.05, 3.63) is 58.4 Å². The molecule has 1 saturated heterocycles. The summed E-state index contributed by atoms with van der Waals surface area (Å²) >= 11 is 5.07. The van der Waals surface area contributed by atoms with Crippen molar-refractivity contribution in [2.45, 2.75) is 27.7 Å². The smallest absolute Gasteiger partial charge is 0.265 e. The van der Waals surface area contributed by atoms with Gasteiger partial charge >= 0.3 is 0 Å². The lowest BCUT2D eigenvalue weighted by molar-refractivity contribution is -0.128. The molecule has 0 radical (unpaired) electrons. The molecule has 1 fully saturated rings. The summed E-state index contributed by atoms with van der Waals surface area (Å²) in [5.41, 5.74) is 5.19. The second-order valence-corrected chi connectivity index (χ2v) is 6.70. The normalized spacial score (nSPS) is 16.4. The summed E-state index contributed by atoms with van der Waals surface area (Å²) in [6.45, 7) is 8.29. The lowest BCUT2D eigenvalue weighted by Gasteiger charge is -2.27. The van der Waals surface area contributed by atoms with Crippen molar-refractivity contribution < 1.29 is 9.59 Å². The van der Waals surface area contributed by atoms with E-state index in [0.29, 0.717) is 6.54 Å². The first-order valence-corrected chi connectivity index (χ1v) is 8.89. The standard InChI is InChI=1S/C20H21N3O2S/c1-5-22-19(25)16(18(24)21-20(22)26)11-15-10-13(3)23(14(15)4)17-9-7-6-8-12(17)2/h6-11H,5H2,1-4H3,(H,21,24,26)/b16-11+. The molecule has 26 heavy (non-hydrogen) atoms. The quantitative estimate of drug-likeness (QED) is 0.515. The van der Waals surface area contributed by atoms with Crippen LogP contribution in [0.1, 0.15) is 29.4 Å². The van der Waals surface area contributed by atoms with Gasteiger partial charge in [0.1, 0.15) is 5.57 Å². The molecular weight excluding hydrogens is 346 g/mol. The molecule has 0 bridgehead atoms. The van der Waals surface area contributed by atoms with Crippen LogP contribution in [0.15, 0.2) is 35.9 Å². The number of aromatic nitrogens is 1. The highest BCUT2D eigenvalue weighted by atomic mass is 32.1. The third kappa shape index (κ3) is 2.97. The minimum Gasteiger partial charge on any atom is -0.318 e. The first-order chi connectivity index (χ1) is 12.3. The largest absolute Gasteiger partial charge is 0.318 e. The Labute approximate surface area is 158 Å². The van der Waals surface area contributed by atoms with Gasteiger partial charge in [-0.2, -0.15) is 0 Å². The first kappa shape index (κ1) is 18.1. The van der Waals surface area contributed by atoms with Crippen molar-refractivity contribution in [3.8, 4) is 5.69 Å². The highest BCUT2D eigenvalue weighted by molar-refractivity contribution is 7.80. The second kappa shape index (κ2) is 6.88. The molecule has 1 aromatic heterocycles. The lowest BCUT2D eigenvalue weighted by atomic mass is 10.1. The van der Waals surface area contributed by atoms with E-state index in [1.165, 1.54) is 4.90 Å². The number of amides is 2. The van der Waals surface area contributed by atoms with Crippen molar-refractivity contribution in [2.24, 2.45) is 0 Å². The molecule has 0 spiro atoms. The van der Waals surface area contributed by atoms with E-state index in [1.54, 1.807) is 6.08 Å². The Morgan fingerprint density at radius 3 is 2.50 bits per heavy atom. The van der Waals surface area contributed by atoms with Gasteiger partial charge in [-0.05, 0) is 69.2 Å². The van der Waals surface area contributed by atoms with Gasteiger partial charge in [-0.1, -0.05) is 18.2 Å². The second-order valence-electron chi connectivity index (χ2n) is 6.32. The number of nitrogens with zero attached hydrogens (tertiary/aromatic N) is 2. The number of aryl methyl sites for hydroxylation is 2. The van der Waals surface area contributed by atoms with Crippen molar-refractivity contribution in [1.29, 1.82) is 0 Å². The Morgan fingerprint density at radius 1 is 1.15 bits per heavy atom. The van der Waals surface area contributed by atoms with Crippen LogP contribution in [-0.2, 0) is 9.59 Å². The summed E-state index contributed by atoms with van der Waals surface area (Å²) in [7, 11) is 0. The van der Waals surface area contributed by atoms with Crippen LogP contribution < -0.4 is 5.32 Å². The Kier molecular flexibility index (Phi) is 4.78. The fourth-order valence-electron chi connectivity index (χ4n) is 3.26. The molecule has 0 aliphatic carbocycles. The monoisotopic (exact) mass is 367 g/mol. The molecule has 1 N–H and O–H groups in total. The number of rotatable bonds is 3. The molecule has 0 atom stereocenters.